The minimum atomic E-state index is 0.214. The minimum absolute atomic E-state index is 0.214. The number of hydrogen-bond acceptors (Lipinski definition) is 2. The molecule has 4 heteroatoms. The Morgan fingerprint density at radius 3 is 2.18 bits per heavy atom. The zero-order valence-electron chi connectivity index (χ0n) is 7.08. The summed E-state index contributed by atoms with van der Waals surface area (Å²) in [6.45, 7) is 5.70. The van der Waals surface area contributed by atoms with Crippen LogP contribution < -0.4 is 0 Å². The van der Waals surface area contributed by atoms with Crippen LogP contribution in [0.15, 0.2) is 0 Å². The first-order valence-electron chi connectivity index (χ1n) is 4.03. The van der Waals surface area contributed by atoms with Crippen molar-refractivity contribution < 1.29 is 4.97 Å². The minimum Gasteiger partial charge on any atom is -0.572 e. The standard InChI is InChI=1S/C7H15N3O/c1-6-3-7(2)5-9(4-6)10(8)11/h6-8H,3-5H2,1-2H3. The quantitative estimate of drug-likeness (QED) is 0.355. The molecule has 1 aliphatic rings. The Kier molecular flexibility index (Phi) is 2.31. The highest BCUT2D eigenvalue weighted by atomic mass is 16.5. The lowest BCUT2D eigenvalue weighted by atomic mass is 9.93. The van der Waals surface area contributed by atoms with E-state index in [2.05, 4.69) is 13.8 Å². The van der Waals surface area contributed by atoms with Crippen LogP contribution in [0.3, 0.4) is 0 Å². The van der Waals surface area contributed by atoms with Crippen molar-refractivity contribution in [3.63, 3.8) is 0 Å². The van der Waals surface area contributed by atoms with Gasteiger partial charge < -0.3 is 5.21 Å². The molecule has 1 aliphatic heterocycles. The summed E-state index contributed by atoms with van der Waals surface area (Å²) in [6, 6.07) is 0. The maximum absolute atomic E-state index is 10.6. The highest BCUT2D eigenvalue weighted by Crippen LogP contribution is 2.20. The van der Waals surface area contributed by atoms with E-state index in [1.54, 1.807) is 5.01 Å². The SMILES string of the molecule is CC1CC(C)CN([N+](=N)[O-])C1. The van der Waals surface area contributed by atoms with Gasteiger partial charge in [0.2, 0.25) is 0 Å². The number of rotatable bonds is 1. The normalized spacial score (nSPS) is 32.0. The summed E-state index contributed by atoms with van der Waals surface area (Å²) in [5.41, 5.74) is 6.86. The third kappa shape index (κ3) is 2.06. The Balaban J connectivity index is 2.49. The molecule has 1 rings (SSSR count). The van der Waals surface area contributed by atoms with E-state index in [4.69, 9.17) is 5.53 Å². The molecule has 0 aromatic carbocycles. The lowest BCUT2D eigenvalue weighted by molar-refractivity contribution is -0.715. The third-order valence-electron chi connectivity index (χ3n) is 2.11. The molecule has 1 fully saturated rings. The van der Waals surface area contributed by atoms with E-state index >= 15 is 0 Å². The molecule has 64 valence electrons. The second-order valence-electron chi connectivity index (χ2n) is 3.59. The van der Waals surface area contributed by atoms with Crippen LogP contribution in [0.5, 0.6) is 0 Å². The summed E-state index contributed by atoms with van der Waals surface area (Å²) in [5, 5.41) is 12.1. The van der Waals surface area contributed by atoms with Gasteiger partial charge in [0.25, 0.3) is 0 Å². The summed E-state index contributed by atoms with van der Waals surface area (Å²) in [6.07, 6.45) is 1.17. The van der Waals surface area contributed by atoms with E-state index in [0.717, 1.165) is 13.1 Å². The number of nitrogens with one attached hydrogen (secondary N) is 1. The van der Waals surface area contributed by atoms with E-state index in [-0.39, 0.29) is 4.97 Å². The summed E-state index contributed by atoms with van der Waals surface area (Å²) in [7, 11) is 0. The fraction of sp³-hybridized carbons (Fsp3) is 1.00. The van der Waals surface area contributed by atoms with Gasteiger partial charge in [0.05, 0.1) is 13.1 Å². The summed E-state index contributed by atoms with van der Waals surface area (Å²) in [5.74, 6) is 1.08. The van der Waals surface area contributed by atoms with Gasteiger partial charge in [-0.05, 0) is 23.8 Å². The monoisotopic (exact) mass is 157 g/mol. The maximum Gasteiger partial charge on any atom is 0.0793 e. The van der Waals surface area contributed by atoms with Crippen molar-refractivity contribution in [1.82, 2.24) is 5.01 Å². The first-order valence-corrected chi connectivity index (χ1v) is 4.03. The molecule has 0 radical (unpaired) electrons. The fourth-order valence-corrected chi connectivity index (χ4v) is 1.78. The van der Waals surface area contributed by atoms with E-state index in [0.29, 0.717) is 11.8 Å². The molecular weight excluding hydrogens is 142 g/mol. The third-order valence-corrected chi connectivity index (χ3v) is 2.11. The van der Waals surface area contributed by atoms with Crippen molar-refractivity contribution in [2.24, 2.45) is 11.8 Å². The predicted octanol–water partition coefficient (Wildman–Crippen LogP) is 1.42. The average molecular weight is 157 g/mol. The van der Waals surface area contributed by atoms with E-state index in [1.165, 1.54) is 6.42 Å². The van der Waals surface area contributed by atoms with Crippen LogP contribution in [0.4, 0.5) is 0 Å². The number of hydrazine groups is 1. The molecule has 11 heavy (non-hydrogen) atoms. The van der Waals surface area contributed by atoms with Crippen LogP contribution >= 0.6 is 0 Å². The van der Waals surface area contributed by atoms with Gasteiger partial charge >= 0.3 is 0 Å². The zero-order valence-corrected chi connectivity index (χ0v) is 7.08. The van der Waals surface area contributed by atoms with E-state index in [9.17, 15) is 5.21 Å². The molecule has 0 aromatic heterocycles. The summed E-state index contributed by atoms with van der Waals surface area (Å²) >= 11 is 0. The molecule has 4 nitrogen and oxygen atoms in total. The molecule has 0 amide bonds. The number of hydrogen-bond donors (Lipinski definition) is 1. The van der Waals surface area contributed by atoms with Gasteiger partial charge in [0, 0.05) is 4.97 Å². The Bertz CT molecular complexity index is 150. The van der Waals surface area contributed by atoms with Crippen LogP contribution in [-0.2, 0) is 0 Å². The van der Waals surface area contributed by atoms with Gasteiger partial charge in [0.1, 0.15) is 0 Å². The van der Waals surface area contributed by atoms with E-state index in [1.807, 2.05) is 0 Å². The summed E-state index contributed by atoms with van der Waals surface area (Å²) in [4.78, 5) is 0.214. The molecule has 0 aromatic rings. The number of nitrogens with zero attached hydrogens (tertiary/aromatic N) is 2. The van der Waals surface area contributed by atoms with Gasteiger partial charge in [-0.15, -0.1) is 5.01 Å². The number of piperidine rings is 1. The van der Waals surface area contributed by atoms with Gasteiger partial charge in [-0.2, -0.15) is 0 Å². The maximum atomic E-state index is 10.6. The van der Waals surface area contributed by atoms with Crippen LogP contribution in [0.2, 0.25) is 0 Å². The fourth-order valence-electron chi connectivity index (χ4n) is 1.78. The smallest absolute Gasteiger partial charge is 0.0793 e. The van der Waals surface area contributed by atoms with Crippen molar-refractivity contribution in [3.05, 3.63) is 5.21 Å². The van der Waals surface area contributed by atoms with Gasteiger partial charge in [-0.25, -0.2) is 0 Å². The first kappa shape index (κ1) is 8.30. The predicted molar refractivity (Wildman–Crippen MR) is 40.9 cm³/mol. The van der Waals surface area contributed by atoms with Crippen molar-refractivity contribution in [1.29, 1.82) is 5.53 Å². The van der Waals surface area contributed by atoms with Gasteiger partial charge in [0.15, 0.2) is 0 Å². The zero-order chi connectivity index (χ0) is 8.43. The molecule has 1 saturated heterocycles. The van der Waals surface area contributed by atoms with Gasteiger partial charge in [-0.1, -0.05) is 13.8 Å². The second kappa shape index (κ2) is 3.07. The molecule has 2 atom stereocenters. The molecule has 0 spiro atoms. The van der Waals surface area contributed by atoms with Crippen molar-refractivity contribution in [3.8, 4) is 0 Å². The van der Waals surface area contributed by atoms with Crippen LogP contribution in [-0.4, -0.2) is 23.1 Å². The van der Waals surface area contributed by atoms with Crippen molar-refractivity contribution in [2.45, 2.75) is 20.3 Å². The van der Waals surface area contributed by atoms with Crippen molar-refractivity contribution >= 4 is 0 Å². The molecule has 2 unspecified atom stereocenters. The highest BCUT2D eigenvalue weighted by molar-refractivity contribution is 4.69. The lowest BCUT2D eigenvalue weighted by Gasteiger charge is -2.30. The van der Waals surface area contributed by atoms with Crippen LogP contribution in [0, 0.1) is 22.6 Å². The molecular formula is C7H15N3O. The van der Waals surface area contributed by atoms with Crippen LogP contribution in [0.1, 0.15) is 20.3 Å². The molecule has 0 aliphatic carbocycles. The Labute approximate surface area is 66.8 Å². The Morgan fingerprint density at radius 2 is 1.82 bits per heavy atom. The molecule has 0 bridgehead atoms. The van der Waals surface area contributed by atoms with Crippen molar-refractivity contribution in [2.75, 3.05) is 13.1 Å². The molecule has 0 saturated carbocycles. The average Bonchev–Trinajstić information content (AvgIpc) is 1.85. The first-order chi connectivity index (χ1) is 5.09. The Hall–Kier alpha value is -0.800. The topological polar surface area (TPSA) is 53.2 Å². The molecule has 1 N–H and O–H groups in total. The van der Waals surface area contributed by atoms with Crippen LogP contribution in [0.25, 0.3) is 0 Å². The van der Waals surface area contributed by atoms with Gasteiger partial charge in [-0.3, -0.25) is 0 Å². The van der Waals surface area contributed by atoms with E-state index < -0.39 is 0 Å². The second-order valence-corrected chi connectivity index (χ2v) is 3.59. The largest absolute Gasteiger partial charge is 0.572 e. The Morgan fingerprint density at radius 1 is 1.36 bits per heavy atom. The lowest BCUT2D eigenvalue weighted by Crippen LogP contribution is -2.42. The molecule has 1 heterocycles. The summed E-state index contributed by atoms with van der Waals surface area (Å²) < 4.78 is 0. The highest BCUT2D eigenvalue weighted by Gasteiger charge is 2.25.